The number of benzene rings is 2. The fourth-order valence-corrected chi connectivity index (χ4v) is 2.06. The molecule has 2 rings (SSSR count). The van der Waals surface area contributed by atoms with Crippen molar-refractivity contribution in [1.29, 1.82) is 0 Å². The van der Waals surface area contributed by atoms with Crippen molar-refractivity contribution in [2.75, 3.05) is 19.7 Å². The first kappa shape index (κ1) is 16.8. The molecule has 0 heterocycles. The van der Waals surface area contributed by atoms with Crippen LogP contribution in [0.5, 0.6) is 5.75 Å². The van der Waals surface area contributed by atoms with Crippen molar-refractivity contribution in [2.24, 2.45) is 0 Å². The van der Waals surface area contributed by atoms with Crippen LogP contribution in [0.15, 0.2) is 54.6 Å². The molecule has 2 amide bonds. The Balaban J connectivity index is 1.65. The van der Waals surface area contributed by atoms with Gasteiger partial charge in [-0.15, -0.1) is 0 Å². The Labute approximate surface area is 139 Å². The second-order valence-corrected chi connectivity index (χ2v) is 5.08. The van der Waals surface area contributed by atoms with Crippen LogP contribution in [-0.2, 0) is 4.79 Å². The summed E-state index contributed by atoms with van der Waals surface area (Å²) in [4.78, 5) is 23.5. The maximum atomic E-state index is 11.9. The Morgan fingerprint density at radius 1 is 0.957 bits per heavy atom. The molecule has 6 heteroatoms. The summed E-state index contributed by atoms with van der Waals surface area (Å²) in [5.41, 5.74) is 0.342. The van der Waals surface area contributed by atoms with Crippen LogP contribution in [0, 0.1) is 0 Å². The zero-order valence-corrected chi connectivity index (χ0v) is 13.2. The molecule has 5 nitrogen and oxygen atoms in total. The predicted octanol–water partition coefficient (Wildman–Crippen LogP) is 2.27. The van der Waals surface area contributed by atoms with Gasteiger partial charge in [-0.25, -0.2) is 0 Å². The zero-order valence-electron chi connectivity index (χ0n) is 12.4. The first-order valence-corrected chi connectivity index (χ1v) is 7.52. The summed E-state index contributed by atoms with van der Waals surface area (Å²) >= 11 is 5.92. The van der Waals surface area contributed by atoms with Gasteiger partial charge in [-0.2, -0.15) is 0 Å². The van der Waals surface area contributed by atoms with Gasteiger partial charge in [-0.3, -0.25) is 9.59 Å². The van der Waals surface area contributed by atoms with Crippen LogP contribution in [0.3, 0.4) is 0 Å². The number of hydrogen-bond acceptors (Lipinski definition) is 3. The van der Waals surface area contributed by atoms with Gasteiger partial charge >= 0.3 is 0 Å². The number of carbonyl (C=O) groups excluding carboxylic acids is 2. The predicted molar refractivity (Wildman–Crippen MR) is 88.7 cm³/mol. The number of ether oxygens (including phenoxy) is 1. The van der Waals surface area contributed by atoms with Crippen molar-refractivity contribution < 1.29 is 14.3 Å². The average molecular weight is 333 g/mol. The van der Waals surface area contributed by atoms with Crippen LogP contribution in [-0.4, -0.2) is 31.5 Å². The number of para-hydroxylation sites is 1. The molecule has 0 saturated heterocycles. The molecule has 0 atom stereocenters. The number of amides is 2. The van der Waals surface area contributed by atoms with E-state index in [0.717, 1.165) is 5.75 Å². The van der Waals surface area contributed by atoms with E-state index in [1.54, 1.807) is 24.3 Å². The van der Waals surface area contributed by atoms with Crippen molar-refractivity contribution in [2.45, 2.75) is 0 Å². The lowest BCUT2D eigenvalue weighted by Gasteiger charge is -2.09. The van der Waals surface area contributed by atoms with Crippen LogP contribution in [0.1, 0.15) is 10.4 Å². The van der Waals surface area contributed by atoms with E-state index in [4.69, 9.17) is 16.3 Å². The molecule has 0 radical (unpaired) electrons. The summed E-state index contributed by atoms with van der Waals surface area (Å²) in [5, 5.41) is 5.53. The lowest BCUT2D eigenvalue weighted by Crippen LogP contribution is -2.38. The summed E-state index contributed by atoms with van der Waals surface area (Å²) in [6.45, 7) is 0.597. The molecule has 2 aromatic rings. The van der Waals surface area contributed by atoms with Gasteiger partial charge in [-0.05, 0) is 24.3 Å². The minimum absolute atomic E-state index is 0.116. The van der Waals surface area contributed by atoms with Crippen LogP contribution in [0.25, 0.3) is 0 Å². The van der Waals surface area contributed by atoms with Crippen molar-refractivity contribution in [3.63, 3.8) is 0 Å². The SMILES string of the molecule is O=C(CNC(=O)c1ccccc1Cl)NCCOc1ccccc1. The van der Waals surface area contributed by atoms with Crippen LogP contribution >= 0.6 is 11.6 Å². The molecule has 120 valence electrons. The van der Waals surface area contributed by atoms with Crippen LogP contribution in [0.4, 0.5) is 0 Å². The minimum atomic E-state index is -0.383. The number of hydrogen-bond donors (Lipinski definition) is 2. The third kappa shape index (κ3) is 5.64. The monoisotopic (exact) mass is 332 g/mol. The smallest absolute Gasteiger partial charge is 0.253 e. The second kappa shape index (κ2) is 8.80. The average Bonchev–Trinajstić information content (AvgIpc) is 2.58. The lowest BCUT2D eigenvalue weighted by atomic mass is 10.2. The first-order valence-electron chi connectivity index (χ1n) is 7.14. The second-order valence-electron chi connectivity index (χ2n) is 4.67. The molecule has 0 fully saturated rings. The molecule has 0 aliphatic heterocycles. The Bertz CT molecular complexity index is 662. The highest BCUT2D eigenvalue weighted by molar-refractivity contribution is 6.33. The topological polar surface area (TPSA) is 67.4 Å². The highest BCUT2D eigenvalue weighted by Crippen LogP contribution is 2.14. The van der Waals surface area contributed by atoms with Gasteiger partial charge in [0.25, 0.3) is 5.91 Å². The van der Waals surface area contributed by atoms with Crippen molar-refractivity contribution in [3.05, 3.63) is 65.2 Å². The van der Waals surface area contributed by atoms with Gasteiger partial charge in [-0.1, -0.05) is 41.9 Å². The van der Waals surface area contributed by atoms with E-state index in [1.165, 1.54) is 0 Å². The highest BCUT2D eigenvalue weighted by atomic mass is 35.5. The molecule has 2 aromatic carbocycles. The van der Waals surface area contributed by atoms with E-state index in [1.807, 2.05) is 30.3 Å². The fourth-order valence-electron chi connectivity index (χ4n) is 1.84. The third-order valence-corrected chi connectivity index (χ3v) is 3.29. The van der Waals surface area contributed by atoms with Gasteiger partial charge in [0.1, 0.15) is 12.4 Å². The highest BCUT2D eigenvalue weighted by Gasteiger charge is 2.10. The molecule has 0 spiro atoms. The summed E-state index contributed by atoms with van der Waals surface area (Å²) in [5.74, 6) is 0.0714. The molecule has 0 aliphatic rings. The molecule has 23 heavy (non-hydrogen) atoms. The van der Waals surface area contributed by atoms with Crippen LogP contribution < -0.4 is 15.4 Å². The Morgan fingerprint density at radius 2 is 1.65 bits per heavy atom. The number of carbonyl (C=O) groups is 2. The van der Waals surface area contributed by atoms with E-state index in [2.05, 4.69) is 10.6 Å². The summed E-state index contributed by atoms with van der Waals surface area (Å²) < 4.78 is 5.45. The molecule has 0 bridgehead atoms. The third-order valence-electron chi connectivity index (χ3n) is 2.96. The van der Waals surface area contributed by atoms with Gasteiger partial charge < -0.3 is 15.4 Å². The lowest BCUT2D eigenvalue weighted by molar-refractivity contribution is -0.120. The number of nitrogens with one attached hydrogen (secondary N) is 2. The molecule has 0 unspecified atom stereocenters. The molecule has 2 N–H and O–H groups in total. The molecule has 0 aliphatic carbocycles. The maximum absolute atomic E-state index is 11.9. The molecular formula is C17H17ClN2O3. The minimum Gasteiger partial charge on any atom is -0.492 e. The number of rotatable bonds is 7. The van der Waals surface area contributed by atoms with Crippen molar-refractivity contribution in [3.8, 4) is 5.75 Å². The summed E-state index contributed by atoms with van der Waals surface area (Å²) in [7, 11) is 0. The van der Waals surface area contributed by atoms with Gasteiger partial charge in [0, 0.05) is 0 Å². The summed E-state index contributed by atoms with van der Waals surface area (Å²) in [6, 6.07) is 16.0. The van der Waals surface area contributed by atoms with E-state index in [0.29, 0.717) is 23.7 Å². The van der Waals surface area contributed by atoms with Gasteiger partial charge in [0.15, 0.2) is 0 Å². The maximum Gasteiger partial charge on any atom is 0.253 e. The van der Waals surface area contributed by atoms with Crippen molar-refractivity contribution >= 4 is 23.4 Å². The van der Waals surface area contributed by atoms with Gasteiger partial charge in [0.05, 0.1) is 23.7 Å². The normalized spacial score (nSPS) is 9.96. The van der Waals surface area contributed by atoms with E-state index in [-0.39, 0.29) is 18.4 Å². The fraction of sp³-hybridized carbons (Fsp3) is 0.176. The van der Waals surface area contributed by atoms with Crippen molar-refractivity contribution in [1.82, 2.24) is 10.6 Å². The van der Waals surface area contributed by atoms with E-state index in [9.17, 15) is 9.59 Å². The van der Waals surface area contributed by atoms with Crippen LogP contribution in [0.2, 0.25) is 5.02 Å². The Hall–Kier alpha value is -2.53. The first-order chi connectivity index (χ1) is 11.2. The standard InChI is InChI=1S/C17H17ClN2O3/c18-15-9-5-4-8-14(15)17(22)20-12-16(21)19-10-11-23-13-6-2-1-3-7-13/h1-9H,10-12H2,(H,19,21)(H,20,22). The number of halogens is 1. The Morgan fingerprint density at radius 3 is 2.39 bits per heavy atom. The molecule has 0 saturated carbocycles. The largest absolute Gasteiger partial charge is 0.492 e. The van der Waals surface area contributed by atoms with E-state index < -0.39 is 0 Å². The summed E-state index contributed by atoms with van der Waals surface area (Å²) in [6.07, 6.45) is 0. The van der Waals surface area contributed by atoms with Gasteiger partial charge in [0.2, 0.25) is 5.91 Å². The van der Waals surface area contributed by atoms with E-state index >= 15 is 0 Å². The Kier molecular flexibility index (Phi) is 6.44. The quantitative estimate of drug-likeness (QED) is 0.764. The molecular weight excluding hydrogens is 316 g/mol. The molecule has 0 aromatic heterocycles. The zero-order chi connectivity index (χ0) is 16.5.